The maximum Gasteiger partial charge on any atom is 0.202 e. The lowest BCUT2D eigenvalue weighted by molar-refractivity contribution is 0.354. The first kappa shape index (κ1) is 20.5. The van der Waals surface area contributed by atoms with Crippen LogP contribution in [0.3, 0.4) is 0 Å². The molecule has 3 aromatic carbocycles. The van der Waals surface area contributed by atoms with E-state index in [2.05, 4.69) is 23.2 Å². The van der Waals surface area contributed by atoms with Gasteiger partial charge in [0.1, 0.15) is 0 Å². The first-order valence-corrected chi connectivity index (χ1v) is 10.2. The van der Waals surface area contributed by atoms with Gasteiger partial charge in [0.2, 0.25) is 5.95 Å². The first-order chi connectivity index (χ1) is 15.2. The number of nitrogens with zero attached hydrogens (tertiary/aromatic N) is 3. The van der Waals surface area contributed by atoms with Crippen molar-refractivity contribution in [3.63, 3.8) is 0 Å². The van der Waals surface area contributed by atoms with E-state index in [0.29, 0.717) is 24.5 Å². The van der Waals surface area contributed by atoms with Gasteiger partial charge in [-0.2, -0.15) is 4.98 Å². The van der Waals surface area contributed by atoms with Crippen molar-refractivity contribution in [3.05, 3.63) is 89.4 Å². The summed E-state index contributed by atoms with van der Waals surface area (Å²) in [4.78, 5) is 9.35. The summed E-state index contributed by atoms with van der Waals surface area (Å²) in [6, 6.07) is 24.2. The van der Waals surface area contributed by atoms with Crippen LogP contribution in [0.2, 0.25) is 0 Å². The van der Waals surface area contributed by atoms with Crippen molar-refractivity contribution in [1.82, 2.24) is 9.55 Å². The van der Waals surface area contributed by atoms with Gasteiger partial charge in [-0.15, -0.1) is 0 Å². The molecule has 0 bridgehead atoms. The minimum atomic E-state index is 0.450. The topological polar surface area (TPSA) is 74.7 Å². The minimum Gasteiger partial charge on any atom is -0.493 e. The number of nitrogens with two attached hydrogens (primary N) is 1. The number of hydrogen-bond donors (Lipinski definition) is 1. The van der Waals surface area contributed by atoms with Crippen LogP contribution in [-0.2, 0) is 19.5 Å². The number of aryl methyl sites for hydroxylation is 2. The standard InChI is InChI=1S/C25H26N4O2/c1-30-22-13-12-18(16-23(22)31-2)14-15-29-21-11-7-6-10-20(21)24(28-25(29)26)27-17-19-8-4-3-5-9-19/h3-13,16H,14-15,17H2,1-2H3,(H2,26,27,28). The third kappa shape index (κ3) is 4.53. The number of hydrogen-bond acceptors (Lipinski definition) is 5. The number of nitrogen functional groups attached to an aromatic ring is 1. The molecule has 4 aromatic rings. The van der Waals surface area contributed by atoms with Crippen LogP contribution in [0, 0.1) is 0 Å². The van der Waals surface area contributed by atoms with Crippen LogP contribution in [0.4, 0.5) is 5.95 Å². The molecule has 0 aliphatic rings. The number of benzene rings is 3. The van der Waals surface area contributed by atoms with Crippen molar-refractivity contribution in [1.29, 1.82) is 0 Å². The fraction of sp³-hybridized carbons (Fsp3) is 0.200. The first-order valence-electron chi connectivity index (χ1n) is 10.2. The summed E-state index contributed by atoms with van der Waals surface area (Å²) in [6.45, 7) is 1.25. The second-order valence-corrected chi connectivity index (χ2v) is 7.20. The molecule has 2 N–H and O–H groups in total. The van der Waals surface area contributed by atoms with Gasteiger partial charge in [-0.05, 0) is 41.8 Å². The number of rotatable bonds is 7. The molecular formula is C25H26N4O2. The van der Waals surface area contributed by atoms with Gasteiger partial charge in [0.25, 0.3) is 0 Å². The van der Waals surface area contributed by atoms with E-state index in [0.717, 1.165) is 39.9 Å². The molecule has 6 heteroatoms. The predicted octanol–water partition coefficient (Wildman–Crippen LogP) is 3.98. The number of para-hydroxylation sites is 1. The average molecular weight is 415 g/mol. The Hall–Kier alpha value is -3.80. The summed E-state index contributed by atoms with van der Waals surface area (Å²) in [6.07, 6.45) is 0.779. The van der Waals surface area contributed by atoms with Crippen molar-refractivity contribution in [2.45, 2.75) is 19.5 Å². The lowest BCUT2D eigenvalue weighted by Crippen LogP contribution is -2.20. The van der Waals surface area contributed by atoms with E-state index in [1.54, 1.807) is 14.2 Å². The SMILES string of the molecule is COc1ccc(CCn2c(N)nc(=NCc3ccccc3)c3ccccc32)cc1OC. The second-order valence-electron chi connectivity index (χ2n) is 7.20. The second kappa shape index (κ2) is 9.34. The maximum absolute atomic E-state index is 6.37. The van der Waals surface area contributed by atoms with Gasteiger partial charge < -0.3 is 19.8 Å². The number of ether oxygens (including phenoxy) is 2. The largest absolute Gasteiger partial charge is 0.493 e. The van der Waals surface area contributed by atoms with Gasteiger partial charge in [-0.25, -0.2) is 0 Å². The summed E-state index contributed by atoms with van der Waals surface area (Å²) in [7, 11) is 3.28. The molecule has 0 atom stereocenters. The van der Waals surface area contributed by atoms with Crippen molar-refractivity contribution in [3.8, 4) is 11.5 Å². The van der Waals surface area contributed by atoms with E-state index in [4.69, 9.17) is 20.2 Å². The molecular weight excluding hydrogens is 388 g/mol. The molecule has 31 heavy (non-hydrogen) atoms. The van der Waals surface area contributed by atoms with Gasteiger partial charge in [0, 0.05) is 11.9 Å². The Morgan fingerprint density at radius 1 is 0.871 bits per heavy atom. The highest BCUT2D eigenvalue weighted by Gasteiger charge is 2.09. The molecule has 0 saturated heterocycles. The molecule has 0 amide bonds. The summed E-state index contributed by atoms with van der Waals surface area (Å²) in [5, 5.41) is 0.986. The molecule has 0 unspecified atom stereocenters. The fourth-order valence-electron chi connectivity index (χ4n) is 3.63. The molecule has 0 saturated carbocycles. The quantitative estimate of drug-likeness (QED) is 0.496. The van der Waals surface area contributed by atoms with E-state index in [1.807, 2.05) is 59.2 Å². The average Bonchev–Trinajstić information content (AvgIpc) is 2.82. The van der Waals surface area contributed by atoms with Gasteiger partial charge in [0.15, 0.2) is 17.0 Å². The van der Waals surface area contributed by atoms with Crippen LogP contribution in [0.1, 0.15) is 11.1 Å². The summed E-state index contributed by atoms with van der Waals surface area (Å²) >= 11 is 0. The van der Waals surface area contributed by atoms with E-state index >= 15 is 0 Å². The summed E-state index contributed by atoms with van der Waals surface area (Å²) in [5.74, 6) is 1.89. The van der Waals surface area contributed by atoms with Gasteiger partial charge in [-0.1, -0.05) is 48.5 Å². The molecule has 6 nitrogen and oxygen atoms in total. The molecule has 0 aliphatic carbocycles. The molecule has 158 valence electrons. The van der Waals surface area contributed by atoms with Crippen LogP contribution in [0.5, 0.6) is 11.5 Å². The van der Waals surface area contributed by atoms with E-state index < -0.39 is 0 Å². The van der Waals surface area contributed by atoms with Crippen LogP contribution in [-0.4, -0.2) is 23.8 Å². The third-order valence-corrected chi connectivity index (χ3v) is 5.26. The molecule has 0 radical (unpaired) electrons. The monoisotopic (exact) mass is 414 g/mol. The van der Waals surface area contributed by atoms with Crippen LogP contribution in [0.25, 0.3) is 10.9 Å². The van der Waals surface area contributed by atoms with Gasteiger partial charge in [-0.3, -0.25) is 4.99 Å². The van der Waals surface area contributed by atoms with Crippen LogP contribution in [0.15, 0.2) is 77.8 Å². The number of aromatic nitrogens is 2. The highest BCUT2D eigenvalue weighted by atomic mass is 16.5. The van der Waals surface area contributed by atoms with Crippen LogP contribution >= 0.6 is 0 Å². The molecule has 1 heterocycles. The summed E-state index contributed by atoms with van der Waals surface area (Å²) < 4.78 is 12.8. The smallest absolute Gasteiger partial charge is 0.202 e. The Bertz CT molecular complexity index is 1250. The van der Waals surface area contributed by atoms with Crippen molar-refractivity contribution >= 4 is 16.9 Å². The Balaban J connectivity index is 1.66. The maximum atomic E-state index is 6.37. The Morgan fingerprint density at radius 2 is 1.61 bits per heavy atom. The molecule has 0 aliphatic heterocycles. The van der Waals surface area contributed by atoms with E-state index in [9.17, 15) is 0 Å². The Kier molecular flexibility index (Phi) is 6.17. The normalized spacial score (nSPS) is 11.6. The van der Waals surface area contributed by atoms with Gasteiger partial charge in [0.05, 0.1) is 26.3 Å². The molecule has 1 aromatic heterocycles. The van der Waals surface area contributed by atoms with Crippen molar-refractivity contribution in [2.75, 3.05) is 20.0 Å². The molecule has 0 spiro atoms. The predicted molar refractivity (Wildman–Crippen MR) is 123 cm³/mol. The Morgan fingerprint density at radius 3 is 2.39 bits per heavy atom. The van der Waals surface area contributed by atoms with Crippen LogP contribution < -0.4 is 20.7 Å². The zero-order valence-corrected chi connectivity index (χ0v) is 17.8. The minimum absolute atomic E-state index is 0.450. The fourth-order valence-corrected chi connectivity index (χ4v) is 3.63. The molecule has 4 rings (SSSR count). The zero-order chi connectivity index (χ0) is 21.6. The van der Waals surface area contributed by atoms with Gasteiger partial charge >= 0.3 is 0 Å². The highest BCUT2D eigenvalue weighted by Crippen LogP contribution is 2.28. The summed E-state index contributed by atoms with van der Waals surface area (Å²) in [5.41, 5.74) is 10.3. The van der Waals surface area contributed by atoms with Crippen molar-refractivity contribution < 1.29 is 9.47 Å². The lowest BCUT2D eigenvalue weighted by atomic mass is 10.1. The third-order valence-electron chi connectivity index (χ3n) is 5.26. The number of anilines is 1. The number of fused-ring (bicyclic) bond motifs is 1. The zero-order valence-electron chi connectivity index (χ0n) is 17.8. The van der Waals surface area contributed by atoms with E-state index in [1.165, 1.54) is 0 Å². The number of methoxy groups -OCH3 is 2. The van der Waals surface area contributed by atoms with E-state index in [-0.39, 0.29) is 0 Å². The highest BCUT2D eigenvalue weighted by molar-refractivity contribution is 5.79. The Labute approximate surface area is 181 Å². The molecule has 0 fully saturated rings. The van der Waals surface area contributed by atoms with Crippen molar-refractivity contribution in [2.24, 2.45) is 4.99 Å². The lowest BCUT2D eigenvalue weighted by Gasteiger charge is -2.15.